The number of sulfone groups is 1. The van der Waals surface area contributed by atoms with E-state index in [0.29, 0.717) is 6.42 Å². The summed E-state index contributed by atoms with van der Waals surface area (Å²) >= 11 is 0. The molecule has 0 radical (unpaired) electrons. The maximum atomic E-state index is 10.8. The third-order valence-corrected chi connectivity index (χ3v) is 2.71. The van der Waals surface area contributed by atoms with Crippen LogP contribution in [0, 0.1) is 0 Å². The first-order valence-electron chi connectivity index (χ1n) is 3.49. The minimum absolute atomic E-state index is 0.0665. The van der Waals surface area contributed by atoms with E-state index >= 15 is 0 Å². The molecular weight excluding hydrogens is 166 g/mol. The van der Waals surface area contributed by atoms with E-state index in [1.807, 2.05) is 0 Å². The van der Waals surface area contributed by atoms with Crippen molar-refractivity contribution in [3.8, 4) is 0 Å². The van der Waals surface area contributed by atoms with Crippen molar-refractivity contribution in [2.45, 2.75) is 20.3 Å². The molecule has 66 valence electrons. The fraction of sp³-hybridized carbons (Fsp3) is 0.833. The van der Waals surface area contributed by atoms with Gasteiger partial charge in [0.05, 0.1) is 0 Å². The summed E-state index contributed by atoms with van der Waals surface area (Å²) in [6.07, 6.45) is 0.319. The molecule has 0 aliphatic heterocycles. The normalized spacial score (nSPS) is 11.1. The molecule has 0 aromatic heterocycles. The molecule has 11 heavy (non-hydrogen) atoms. The van der Waals surface area contributed by atoms with Crippen molar-refractivity contribution in [3.63, 3.8) is 0 Å². The number of carbonyl (C=O) groups is 1. The summed E-state index contributed by atoms with van der Waals surface area (Å²) in [6.45, 7) is 3.22. The van der Waals surface area contributed by atoms with Crippen molar-refractivity contribution in [1.82, 2.24) is 5.32 Å². The maximum absolute atomic E-state index is 10.8. The Morgan fingerprint density at radius 1 is 1.36 bits per heavy atom. The Morgan fingerprint density at radius 2 is 1.91 bits per heavy atom. The minimum Gasteiger partial charge on any atom is -0.342 e. The highest BCUT2D eigenvalue weighted by Crippen LogP contribution is 1.86. The molecular formula is C6H13NO3S. The Morgan fingerprint density at radius 3 is 2.27 bits per heavy atom. The average molecular weight is 179 g/mol. The topological polar surface area (TPSA) is 63.2 Å². The summed E-state index contributed by atoms with van der Waals surface area (Å²) in [5, 5.41) is 2.30. The summed E-state index contributed by atoms with van der Waals surface area (Å²) < 4.78 is 21.6. The molecule has 0 spiro atoms. The molecule has 0 heterocycles. The van der Waals surface area contributed by atoms with Crippen molar-refractivity contribution in [2.75, 3.05) is 11.6 Å². The number of amides is 1. The van der Waals surface area contributed by atoms with Crippen LogP contribution >= 0.6 is 0 Å². The molecule has 0 atom stereocenters. The van der Waals surface area contributed by atoms with Crippen LogP contribution in [0.25, 0.3) is 0 Å². The summed E-state index contributed by atoms with van der Waals surface area (Å²) in [5.41, 5.74) is 0. The third kappa shape index (κ3) is 4.78. The Hall–Kier alpha value is -0.580. The van der Waals surface area contributed by atoms with Crippen molar-refractivity contribution in [3.05, 3.63) is 0 Å². The molecule has 0 unspecified atom stereocenters. The van der Waals surface area contributed by atoms with Gasteiger partial charge in [0.1, 0.15) is 5.88 Å². The van der Waals surface area contributed by atoms with Gasteiger partial charge in [-0.1, -0.05) is 13.8 Å². The molecule has 0 aromatic rings. The van der Waals surface area contributed by atoms with Crippen molar-refractivity contribution < 1.29 is 13.2 Å². The quantitative estimate of drug-likeness (QED) is 0.655. The van der Waals surface area contributed by atoms with Gasteiger partial charge in [0.2, 0.25) is 5.91 Å². The molecule has 0 rings (SSSR count). The molecule has 0 saturated heterocycles. The van der Waals surface area contributed by atoms with Crippen LogP contribution in [-0.4, -0.2) is 26.0 Å². The number of hydrogen-bond acceptors (Lipinski definition) is 3. The van der Waals surface area contributed by atoms with Gasteiger partial charge in [0.25, 0.3) is 0 Å². The van der Waals surface area contributed by atoms with E-state index in [2.05, 4.69) is 5.32 Å². The first-order valence-corrected chi connectivity index (χ1v) is 5.31. The zero-order chi connectivity index (χ0) is 8.91. The van der Waals surface area contributed by atoms with Crippen molar-refractivity contribution in [2.24, 2.45) is 0 Å². The van der Waals surface area contributed by atoms with Crippen molar-refractivity contribution in [1.29, 1.82) is 0 Å². The van der Waals surface area contributed by atoms with Gasteiger partial charge in [-0.15, -0.1) is 0 Å². The monoisotopic (exact) mass is 179 g/mol. The lowest BCUT2D eigenvalue weighted by Crippen LogP contribution is -2.29. The van der Waals surface area contributed by atoms with E-state index in [0.717, 1.165) is 0 Å². The number of hydrogen-bond donors (Lipinski definition) is 1. The van der Waals surface area contributed by atoms with E-state index in [-0.39, 0.29) is 17.5 Å². The highest BCUT2D eigenvalue weighted by atomic mass is 32.2. The summed E-state index contributed by atoms with van der Waals surface area (Å²) in [4.78, 5) is 10.6. The minimum atomic E-state index is -3.06. The van der Waals surface area contributed by atoms with E-state index < -0.39 is 9.84 Å². The molecule has 0 saturated carbocycles. The summed E-state index contributed by atoms with van der Waals surface area (Å²) in [5.74, 6) is -0.408. The van der Waals surface area contributed by atoms with Gasteiger partial charge in [-0.3, -0.25) is 4.79 Å². The zero-order valence-corrected chi connectivity index (χ0v) is 7.57. The predicted octanol–water partition coefficient (Wildman–Crippen LogP) is -0.0952. The maximum Gasteiger partial charge on any atom is 0.220 e. The molecule has 0 aromatic carbocycles. The average Bonchev–Trinajstić information content (AvgIpc) is 2.00. The lowest BCUT2D eigenvalue weighted by atomic mass is 10.5. The predicted molar refractivity (Wildman–Crippen MR) is 42.8 cm³/mol. The zero-order valence-electron chi connectivity index (χ0n) is 6.75. The lowest BCUT2D eigenvalue weighted by Gasteiger charge is -2.01. The number of carbonyl (C=O) groups excluding carboxylic acids is 1. The van der Waals surface area contributed by atoms with Gasteiger partial charge >= 0.3 is 0 Å². The smallest absolute Gasteiger partial charge is 0.220 e. The van der Waals surface area contributed by atoms with Crippen LogP contribution in [0.3, 0.4) is 0 Å². The number of rotatable bonds is 4. The Bertz CT molecular complexity index is 220. The van der Waals surface area contributed by atoms with E-state index in [4.69, 9.17) is 0 Å². The standard InChI is InChI=1S/C6H13NO3S/c1-3-6(8)7-5-11(9,10)4-2/h3-5H2,1-2H3,(H,7,8). The fourth-order valence-corrected chi connectivity index (χ4v) is 1.00. The molecule has 0 bridgehead atoms. The van der Waals surface area contributed by atoms with E-state index in [1.54, 1.807) is 13.8 Å². The molecule has 1 N–H and O–H groups in total. The van der Waals surface area contributed by atoms with Crippen molar-refractivity contribution >= 4 is 15.7 Å². The van der Waals surface area contributed by atoms with Gasteiger partial charge in [0.15, 0.2) is 9.84 Å². The third-order valence-electron chi connectivity index (χ3n) is 1.25. The first kappa shape index (κ1) is 10.4. The highest BCUT2D eigenvalue weighted by Gasteiger charge is 2.07. The summed E-state index contributed by atoms with van der Waals surface area (Å²) in [7, 11) is -3.06. The molecule has 0 aliphatic rings. The largest absolute Gasteiger partial charge is 0.342 e. The Kier molecular flexibility index (Phi) is 4.10. The second-order valence-corrected chi connectivity index (χ2v) is 4.48. The van der Waals surface area contributed by atoms with Crippen LogP contribution in [0.1, 0.15) is 20.3 Å². The van der Waals surface area contributed by atoms with Crippen LogP contribution in [0.15, 0.2) is 0 Å². The van der Waals surface area contributed by atoms with Crippen LogP contribution in [0.2, 0.25) is 0 Å². The van der Waals surface area contributed by atoms with Crippen LogP contribution in [0.5, 0.6) is 0 Å². The second-order valence-electron chi connectivity index (χ2n) is 2.13. The van der Waals surface area contributed by atoms with E-state index in [1.165, 1.54) is 0 Å². The van der Waals surface area contributed by atoms with Crippen LogP contribution in [0.4, 0.5) is 0 Å². The Balaban J connectivity index is 3.80. The van der Waals surface area contributed by atoms with Gasteiger partial charge in [-0.2, -0.15) is 0 Å². The molecule has 1 amide bonds. The molecule has 4 nitrogen and oxygen atoms in total. The molecule has 5 heteroatoms. The van der Waals surface area contributed by atoms with Crippen LogP contribution < -0.4 is 5.32 Å². The summed E-state index contributed by atoms with van der Waals surface area (Å²) in [6, 6.07) is 0. The van der Waals surface area contributed by atoms with Gasteiger partial charge in [-0.25, -0.2) is 8.42 Å². The van der Waals surface area contributed by atoms with Gasteiger partial charge < -0.3 is 5.32 Å². The Labute approximate surface area is 66.9 Å². The van der Waals surface area contributed by atoms with Crippen LogP contribution in [-0.2, 0) is 14.6 Å². The first-order chi connectivity index (χ1) is 5.02. The lowest BCUT2D eigenvalue weighted by molar-refractivity contribution is -0.120. The SMILES string of the molecule is CCC(=O)NCS(=O)(=O)CC. The second kappa shape index (κ2) is 4.33. The highest BCUT2D eigenvalue weighted by molar-refractivity contribution is 7.91. The number of nitrogens with one attached hydrogen (secondary N) is 1. The van der Waals surface area contributed by atoms with Gasteiger partial charge in [-0.05, 0) is 0 Å². The molecule has 0 aliphatic carbocycles. The van der Waals surface area contributed by atoms with E-state index in [9.17, 15) is 13.2 Å². The fourth-order valence-electron chi connectivity index (χ4n) is 0.418. The molecule has 0 fully saturated rings. The van der Waals surface area contributed by atoms with Gasteiger partial charge in [0, 0.05) is 12.2 Å².